The maximum atomic E-state index is 13.3. The Kier molecular flexibility index (Phi) is 10.4. The van der Waals surface area contributed by atoms with Crippen molar-refractivity contribution in [3.8, 4) is 5.88 Å². The molecule has 2 saturated heterocycles. The number of rotatable bonds is 12. The number of aromatic hydroxyl groups is 1. The van der Waals surface area contributed by atoms with Gasteiger partial charge in [0.15, 0.2) is 17.4 Å². The molecule has 7 unspecified atom stereocenters. The highest BCUT2D eigenvalue weighted by Gasteiger charge is 2.54. The van der Waals surface area contributed by atoms with Crippen LogP contribution >= 0.6 is 23.2 Å². The highest BCUT2D eigenvalue weighted by Crippen LogP contribution is 2.71. The molecule has 2 fully saturated rings. The zero-order valence-electron chi connectivity index (χ0n) is 28.1. The number of nitrogen functional groups attached to an aromatic ring is 2. The van der Waals surface area contributed by atoms with Crippen LogP contribution in [0.5, 0.6) is 5.88 Å². The van der Waals surface area contributed by atoms with E-state index in [2.05, 4.69) is 33.5 Å². The summed E-state index contributed by atoms with van der Waals surface area (Å²) in [6, 6.07) is 0. The number of nitrogens with one attached hydrogen (secondary N) is 1. The monoisotopic (exact) mass is 829 g/mol. The van der Waals surface area contributed by atoms with Gasteiger partial charge >= 0.3 is 23.2 Å². The van der Waals surface area contributed by atoms with Crippen molar-refractivity contribution in [2.24, 2.45) is 7.05 Å². The molecule has 2 aliphatic heterocycles. The zero-order valence-corrected chi connectivity index (χ0v) is 30.7. The molecule has 6 heterocycles. The molecule has 298 valence electrons. The van der Waals surface area contributed by atoms with Crippen LogP contribution < -0.4 is 21.6 Å². The van der Waals surface area contributed by atoms with Gasteiger partial charge in [-0.1, -0.05) is 0 Å². The molecule has 0 bridgehead atoms. The summed E-state index contributed by atoms with van der Waals surface area (Å²) in [7, 11) is -15.5. The normalized spacial score (nSPS) is 29.7. The maximum absolute atomic E-state index is 13.3. The predicted octanol–water partition coefficient (Wildman–Crippen LogP) is -2.90. The lowest BCUT2D eigenvalue weighted by molar-refractivity contribution is -0.646. The number of fused-ring (bicyclic) bond motifs is 2. The standard InChI is InChI=1S/C24H35N10O17P3/c1-24(2,4-8-12(35)14(37)20(48-8)33-6-27-10-16(33)28-22(25)30-18(10)39)52(41,42)50-54(45,46)51-53(43,44)47-5-9-13(36)15(38)21(49-9)34-7-32(3)11-17(34)29-23(26)31-19(11)40/h6-9,12-15,20-21,35-38H,4-5H2,1-3H3,(H8-,25,26,28,29,30,31,39,40,41,42,43,44,45,46)/p+1/t8-,9-,12?,13?,14?,15?,20-,21-/m1/s1. The first-order valence-electron chi connectivity index (χ1n) is 15.5. The molecule has 0 amide bonds. The molecule has 0 radical (unpaired) electrons. The van der Waals surface area contributed by atoms with Gasteiger partial charge in [-0.05, 0) is 20.3 Å². The van der Waals surface area contributed by atoms with Crippen LogP contribution in [0.3, 0.4) is 0 Å². The molecule has 2 aliphatic rings. The molecule has 0 aromatic carbocycles. The molecule has 13 N–H and O–H groups in total. The number of ether oxygens (including phenoxy) is 2. The van der Waals surface area contributed by atoms with Crippen LogP contribution in [-0.2, 0) is 43.4 Å². The van der Waals surface area contributed by atoms with Crippen molar-refractivity contribution in [3.63, 3.8) is 0 Å². The number of nitrogens with two attached hydrogens (primary N) is 2. The Balaban J connectivity index is 1.09. The lowest BCUT2D eigenvalue weighted by atomic mass is 10.00. The molecule has 4 aromatic heterocycles. The number of anilines is 2. The summed E-state index contributed by atoms with van der Waals surface area (Å²) in [4.78, 5) is 61.1. The van der Waals surface area contributed by atoms with Gasteiger partial charge in [0, 0.05) is 0 Å². The molecule has 6 rings (SSSR count). The van der Waals surface area contributed by atoms with Crippen LogP contribution in [0, 0.1) is 0 Å². The Morgan fingerprint density at radius 1 is 0.907 bits per heavy atom. The van der Waals surface area contributed by atoms with Crippen LogP contribution in [0.15, 0.2) is 17.4 Å². The fourth-order valence-corrected chi connectivity index (χ4v) is 10.3. The number of aliphatic hydroxyl groups excluding tert-OH is 4. The second-order valence-electron chi connectivity index (χ2n) is 13.0. The quantitative estimate of drug-likeness (QED) is 0.0504. The third kappa shape index (κ3) is 7.42. The summed E-state index contributed by atoms with van der Waals surface area (Å²) in [5, 5.41) is 50.8. The number of H-pyrrole nitrogens is 1. The number of imidazole rings is 2. The average Bonchev–Trinajstić information content (AvgIpc) is 3.75. The van der Waals surface area contributed by atoms with Crippen LogP contribution in [0.2, 0.25) is 0 Å². The highest BCUT2D eigenvalue weighted by atomic mass is 31.3. The third-order valence-corrected chi connectivity index (χ3v) is 14.3. The van der Waals surface area contributed by atoms with Crippen molar-refractivity contribution in [2.75, 3.05) is 18.1 Å². The second kappa shape index (κ2) is 13.9. The molecule has 11 atom stereocenters. The topological polar surface area (TPSA) is 409 Å². The van der Waals surface area contributed by atoms with Crippen molar-refractivity contribution in [1.29, 1.82) is 0 Å². The molecular formula is C24H36N10O17P3+. The molecule has 27 nitrogen and oxygen atoms in total. The maximum Gasteiger partial charge on any atom is 0.488 e. The van der Waals surface area contributed by atoms with E-state index >= 15 is 0 Å². The van der Waals surface area contributed by atoms with E-state index in [0.29, 0.717) is 0 Å². The second-order valence-corrected chi connectivity index (χ2v) is 18.7. The van der Waals surface area contributed by atoms with Gasteiger partial charge in [0.1, 0.15) is 30.5 Å². The fourth-order valence-electron chi connectivity index (χ4n) is 5.98. The highest BCUT2D eigenvalue weighted by molar-refractivity contribution is 7.69. The minimum atomic E-state index is -5.95. The SMILES string of the molecule is C[n+]1cn([C@@H]2O[C@H](COP(=O)(O)OP(=O)(O)OP(=O)(O)C(C)(C)C[C@H]3O[C@@H](n4cnc5c(=O)[nH]c(N)nc54)C(O)C3O)C(O)C2O)c2nc(N)nc(O)c21. The molecular weight excluding hydrogens is 793 g/mol. The number of aromatic nitrogens is 8. The van der Waals surface area contributed by atoms with Crippen molar-refractivity contribution in [2.45, 2.75) is 74.5 Å². The lowest BCUT2D eigenvalue weighted by Crippen LogP contribution is -2.36. The van der Waals surface area contributed by atoms with Gasteiger partial charge in [0.2, 0.25) is 24.5 Å². The first-order valence-corrected chi connectivity index (χ1v) is 20.0. The Bertz CT molecular complexity index is 2300. The molecule has 30 heteroatoms. The van der Waals surface area contributed by atoms with Gasteiger partial charge in [-0.15, -0.1) is 0 Å². The van der Waals surface area contributed by atoms with Gasteiger partial charge in [0.25, 0.3) is 22.6 Å². The van der Waals surface area contributed by atoms with Crippen LogP contribution in [-0.4, -0.2) is 123 Å². The largest absolute Gasteiger partial charge is 0.490 e. The minimum absolute atomic E-state index is 0.0243. The van der Waals surface area contributed by atoms with Gasteiger partial charge in [-0.3, -0.25) is 23.4 Å². The van der Waals surface area contributed by atoms with Gasteiger partial charge in [-0.25, -0.2) is 23.0 Å². The van der Waals surface area contributed by atoms with E-state index in [-0.39, 0.29) is 34.2 Å². The first kappa shape index (κ1) is 40.2. The van der Waals surface area contributed by atoms with E-state index in [1.54, 1.807) is 0 Å². The predicted molar refractivity (Wildman–Crippen MR) is 175 cm³/mol. The average molecular weight is 830 g/mol. The number of phosphoric ester groups is 1. The van der Waals surface area contributed by atoms with Crippen molar-refractivity contribution in [1.82, 2.24) is 34.1 Å². The number of aliphatic hydroxyl groups is 4. The number of hydrogen-bond donors (Lipinski definition) is 11. The first-order chi connectivity index (χ1) is 24.9. The van der Waals surface area contributed by atoms with Gasteiger partial charge in [-0.2, -0.15) is 23.8 Å². The van der Waals surface area contributed by atoms with E-state index in [4.69, 9.17) is 25.5 Å². The van der Waals surface area contributed by atoms with Gasteiger partial charge < -0.3 is 61.2 Å². The van der Waals surface area contributed by atoms with Crippen LogP contribution in [0.25, 0.3) is 22.3 Å². The number of hydrogen-bond acceptors (Lipinski definition) is 20. The fraction of sp³-hybridized carbons (Fsp3) is 0.583. The van der Waals surface area contributed by atoms with E-state index in [1.165, 1.54) is 22.5 Å². The Morgan fingerprint density at radius 2 is 1.52 bits per heavy atom. The Labute approximate surface area is 301 Å². The van der Waals surface area contributed by atoms with Crippen molar-refractivity contribution in [3.05, 3.63) is 23.0 Å². The summed E-state index contributed by atoms with van der Waals surface area (Å²) in [5.41, 5.74) is 10.3. The van der Waals surface area contributed by atoms with Crippen molar-refractivity contribution >= 4 is 57.5 Å². The van der Waals surface area contributed by atoms with E-state index in [0.717, 1.165) is 24.7 Å². The van der Waals surface area contributed by atoms with Gasteiger partial charge in [0.05, 0.1) is 31.2 Å². The van der Waals surface area contributed by atoms with E-state index in [1.807, 2.05) is 0 Å². The molecule has 0 spiro atoms. The molecule has 0 aliphatic carbocycles. The lowest BCUT2D eigenvalue weighted by Gasteiger charge is -2.32. The smallest absolute Gasteiger partial charge is 0.488 e. The number of nitrogens with zero attached hydrogens (tertiary/aromatic N) is 7. The van der Waals surface area contributed by atoms with E-state index < -0.39 is 102 Å². The van der Waals surface area contributed by atoms with Crippen molar-refractivity contribution < 1.29 is 81.1 Å². The van der Waals surface area contributed by atoms with Crippen LogP contribution in [0.1, 0.15) is 32.7 Å². The zero-order chi connectivity index (χ0) is 39.9. The van der Waals surface area contributed by atoms with E-state index in [9.17, 15) is 58.7 Å². The summed E-state index contributed by atoms with van der Waals surface area (Å²) < 4.78 is 67.2. The van der Waals surface area contributed by atoms with Crippen LogP contribution in [0.4, 0.5) is 11.9 Å². The molecule has 54 heavy (non-hydrogen) atoms. The number of aromatic amines is 1. The Morgan fingerprint density at radius 3 is 2.19 bits per heavy atom. The summed E-state index contributed by atoms with van der Waals surface area (Å²) in [6.45, 7) is 1.06. The minimum Gasteiger partial charge on any atom is -0.490 e. The Hall–Kier alpha value is -3.49. The molecule has 4 aromatic rings. The molecule has 0 saturated carbocycles. The summed E-state index contributed by atoms with van der Waals surface area (Å²) in [6.07, 6.45) is -11.1. The number of aryl methyl sites for hydroxylation is 1. The third-order valence-electron chi connectivity index (χ3n) is 8.72. The number of phosphoric acid groups is 2. The summed E-state index contributed by atoms with van der Waals surface area (Å²) in [5.74, 6) is -1.13. The summed E-state index contributed by atoms with van der Waals surface area (Å²) >= 11 is 0.